The van der Waals surface area contributed by atoms with Crippen LogP contribution in [0.5, 0.6) is 11.5 Å². The van der Waals surface area contributed by atoms with Crippen LogP contribution >= 0.6 is 0 Å². The first kappa shape index (κ1) is 15.6. The number of carbonyl (C=O) groups is 1. The average Bonchev–Trinajstić information content (AvgIpc) is 2.46. The summed E-state index contributed by atoms with van der Waals surface area (Å²) in [7, 11) is 2.87. The van der Waals surface area contributed by atoms with Crippen molar-refractivity contribution in [1.82, 2.24) is 4.90 Å². The maximum absolute atomic E-state index is 14.2. The van der Waals surface area contributed by atoms with E-state index in [2.05, 4.69) is 0 Å². The number of carbonyl (C=O) groups excluding carboxylic acids is 1. The standard InChI is InChI=1S/C15H21FN2O3/c1-9-6-10(17)4-5-18(9)15(19)11-7-13(20-2)14(21-3)8-12(11)16/h7-10H,4-6,17H2,1-3H3/t9-,10-/m0/s1. The topological polar surface area (TPSA) is 64.8 Å². The Morgan fingerprint density at radius 3 is 2.52 bits per heavy atom. The number of methoxy groups -OCH3 is 2. The predicted octanol–water partition coefficient (Wildman–Crippen LogP) is 1.79. The fourth-order valence-electron chi connectivity index (χ4n) is 2.68. The Bertz CT molecular complexity index is 536. The maximum Gasteiger partial charge on any atom is 0.257 e. The molecule has 1 fully saturated rings. The van der Waals surface area contributed by atoms with Gasteiger partial charge in [0.1, 0.15) is 5.82 Å². The molecule has 1 aromatic rings. The zero-order valence-electron chi connectivity index (χ0n) is 12.6. The van der Waals surface area contributed by atoms with Gasteiger partial charge in [0.05, 0.1) is 19.8 Å². The first-order valence-electron chi connectivity index (χ1n) is 6.96. The second kappa shape index (κ2) is 6.30. The SMILES string of the molecule is COc1cc(F)c(C(=O)N2CC[C@H](N)C[C@@H]2C)cc1OC. The number of hydrogen-bond acceptors (Lipinski definition) is 4. The van der Waals surface area contributed by atoms with Crippen molar-refractivity contribution in [2.24, 2.45) is 5.73 Å². The summed E-state index contributed by atoms with van der Waals surface area (Å²) in [6, 6.07) is 2.65. The molecular formula is C15H21FN2O3. The zero-order valence-corrected chi connectivity index (χ0v) is 12.6. The van der Waals surface area contributed by atoms with E-state index in [4.69, 9.17) is 15.2 Å². The van der Waals surface area contributed by atoms with E-state index in [1.54, 1.807) is 4.90 Å². The van der Waals surface area contributed by atoms with E-state index >= 15 is 0 Å². The monoisotopic (exact) mass is 296 g/mol. The summed E-state index contributed by atoms with van der Waals surface area (Å²) in [6.45, 7) is 2.46. The number of piperidine rings is 1. The molecule has 0 radical (unpaired) electrons. The van der Waals surface area contributed by atoms with Gasteiger partial charge in [-0.25, -0.2) is 4.39 Å². The summed E-state index contributed by atoms with van der Waals surface area (Å²) < 4.78 is 24.3. The number of amides is 1. The smallest absolute Gasteiger partial charge is 0.257 e. The molecule has 1 aliphatic rings. The van der Waals surface area contributed by atoms with E-state index in [0.717, 1.165) is 12.8 Å². The largest absolute Gasteiger partial charge is 0.493 e. The molecule has 2 rings (SSSR count). The highest BCUT2D eigenvalue weighted by Gasteiger charge is 2.30. The number of halogens is 1. The molecule has 1 aliphatic heterocycles. The van der Waals surface area contributed by atoms with Gasteiger partial charge < -0.3 is 20.1 Å². The molecular weight excluding hydrogens is 275 g/mol. The highest BCUT2D eigenvalue weighted by Crippen LogP contribution is 2.31. The molecule has 5 nitrogen and oxygen atoms in total. The minimum absolute atomic E-state index is 0.00466. The van der Waals surface area contributed by atoms with Crippen LogP contribution in [-0.2, 0) is 0 Å². The van der Waals surface area contributed by atoms with Crippen LogP contribution in [0.1, 0.15) is 30.1 Å². The Labute approximate surface area is 123 Å². The van der Waals surface area contributed by atoms with Crippen LogP contribution in [0.15, 0.2) is 12.1 Å². The molecule has 2 atom stereocenters. The molecule has 21 heavy (non-hydrogen) atoms. The van der Waals surface area contributed by atoms with Crippen LogP contribution in [0.2, 0.25) is 0 Å². The third kappa shape index (κ3) is 3.10. The van der Waals surface area contributed by atoms with E-state index in [1.807, 2.05) is 6.92 Å². The van der Waals surface area contributed by atoms with Crippen molar-refractivity contribution in [2.75, 3.05) is 20.8 Å². The molecule has 1 heterocycles. The highest BCUT2D eigenvalue weighted by molar-refractivity contribution is 5.95. The normalized spacial score (nSPS) is 22.0. The molecule has 2 N–H and O–H groups in total. The van der Waals surface area contributed by atoms with Gasteiger partial charge in [-0.1, -0.05) is 0 Å². The van der Waals surface area contributed by atoms with Crippen LogP contribution in [0.25, 0.3) is 0 Å². The van der Waals surface area contributed by atoms with Crippen LogP contribution < -0.4 is 15.2 Å². The molecule has 1 saturated heterocycles. The molecule has 0 saturated carbocycles. The van der Waals surface area contributed by atoms with Crippen molar-refractivity contribution < 1.29 is 18.7 Å². The summed E-state index contributed by atoms with van der Waals surface area (Å²) in [5.74, 6) is -0.351. The minimum atomic E-state index is -0.611. The molecule has 0 aliphatic carbocycles. The Morgan fingerprint density at radius 1 is 1.33 bits per heavy atom. The lowest BCUT2D eigenvalue weighted by atomic mass is 9.98. The molecule has 6 heteroatoms. The van der Waals surface area contributed by atoms with E-state index in [0.29, 0.717) is 12.3 Å². The maximum atomic E-state index is 14.2. The fraction of sp³-hybridized carbons (Fsp3) is 0.533. The summed E-state index contributed by atoms with van der Waals surface area (Å²) in [4.78, 5) is 14.2. The van der Waals surface area contributed by atoms with E-state index in [9.17, 15) is 9.18 Å². The van der Waals surface area contributed by atoms with Gasteiger partial charge in [-0.05, 0) is 25.8 Å². The predicted molar refractivity (Wildman–Crippen MR) is 77.2 cm³/mol. The first-order valence-corrected chi connectivity index (χ1v) is 6.96. The van der Waals surface area contributed by atoms with Gasteiger partial charge in [0, 0.05) is 24.7 Å². The lowest BCUT2D eigenvalue weighted by molar-refractivity contribution is 0.0614. The van der Waals surface area contributed by atoms with E-state index in [1.165, 1.54) is 26.4 Å². The highest BCUT2D eigenvalue weighted by atomic mass is 19.1. The number of hydrogen-bond donors (Lipinski definition) is 1. The molecule has 1 aromatic carbocycles. The number of nitrogens with two attached hydrogens (primary N) is 1. The molecule has 116 valence electrons. The Hall–Kier alpha value is -1.82. The first-order chi connectivity index (χ1) is 9.97. The zero-order chi connectivity index (χ0) is 15.6. The minimum Gasteiger partial charge on any atom is -0.493 e. The van der Waals surface area contributed by atoms with Gasteiger partial charge in [-0.15, -0.1) is 0 Å². The number of rotatable bonds is 3. The van der Waals surface area contributed by atoms with Gasteiger partial charge >= 0.3 is 0 Å². The van der Waals surface area contributed by atoms with Gasteiger partial charge in [0.25, 0.3) is 5.91 Å². The summed E-state index contributed by atoms with van der Waals surface area (Å²) in [5, 5.41) is 0. The second-order valence-corrected chi connectivity index (χ2v) is 5.32. The lowest BCUT2D eigenvalue weighted by Gasteiger charge is -2.36. The Kier molecular flexibility index (Phi) is 4.67. The average molecular weight is 296 g/mol. The molecule has 0 aromatic heterocycles. The molecule has 1 amide bonds. The van der Waals surface area contributed by atoms with Crippen molar-refractivity contribution in [1.29, 1.82) is 0 Å². The fourth-order valence-corrected chi connectivity index (χ4v) is 2.68. The van der Waals surface area contributed by atoms with Gasteiger partial charge in [0.2, 0.25) is 0 Å². The van der Waals surface area contributed by atoms with Crippen molar-refractivity contribution in [2.45, 2.75) is 31.8 Å². The number of likely N-dealkylation sites (tertiary alicyclic amines) is 1. The van der Waals surface area contributed by atoms with Gasteiger partial charge in [-0.3, -0.25) is 4.79 Å². The summed E-state index contributed by atoms with van der Waals surface area (Å²) >= 11 is 0. The molecule has 0 spiro atoms. The van der Waals surface area contributed by atoms with E-state index in [-0.39, 0.29) is 29.3 Å². The van der Waals surface area contributed by atoms with Gasteiger partial charge in [0.15, 0.2) is 11.5 Å². The van der Waals surface area contributed by atoms with E-state index < -0.39 is 5.82 Å². The third-order valence-electron chi connectivity index (χ3n) is 3.88. The third-order valence-corrected chi connectivity index (χ3v) is 3.88. The van der Waals surface area contributed by atoms with Crippen molar-refractivity contribution in [3.05, 3.63) is 23.5 Å². The summed E-state index contributed by atoms with van der Waals surface area (Å²) in [5.41, 5.74) is 5.89. The molecule has 0 bridgehead atoms. The van der Waals surface area contributed by atoms with Crippen LogP contribution in [0.3, 0.4) is 0 Å². The Balaban J connectivity index is 2.30. The van der Waals surface area contributed by atoms with Crippen LogP contribution in [0, 0.1) is 5.82 Å². The lowest BCUT2D eigenvalue weighted by Crippen LogP contribution is -2.48. The van der Waals surface area contributed by atoms with Crippen molar-refractivity contribution >= 4 is 5.91 Å². The van der Waals surface area contributed by atoms with Crippen LogP contribution in [-0.4, -0.2) is 43.7 Å². The Morgan fingerprint density at radius 2 is 1.95 bits per heavy atom. The number of benzene rings is 1. The number of nitrogens with zero attached hydrogens (tertiary/aromatic N) is 1. The van der Waals surface area contributed by atoms with Crippen molar-refractivity contribution in [3.8, 4) is 11.5 Å². The molecule has 0 unspecified atom stereocenters. The van der Waals surface area contributed by atoms with Gasteiger partial charge in [-0.2, -0.15) is 0 Å². The van der Waals surface area contributed by atoms with Crippen molar-refractivity contribution in [3.63, 3.8) is 0 Å². The second-order valence-electron chi connectivity index (χ2n) is 5.32. The summed E-state index contributed by atoms with van der Waals surface area (Å²) in [6.07, 6.45) is 1.45. The quantitative estimate of drug-likeness (QED) is 0.923. The number of ether oxygens (including phenoxy) is 2. The van der Waals surface area contributed by atoms with Crippen LogP contribution in [0.4, 0.5) is 4.39 Å².